The first-order valence-electron chi connectivity index (χ1n) is 12.0. The van der Waals surface area contributed by atoms with Crippen molar-refractivity contribution in [2.45, 2.75) is 52.1 Å². The van der Waals surface area contributed by atoms with Crippen LogP contribution in [0.3, 0.4) is 0 Å². The molecule has 2 amide bonds. The summed E-state index contributed by atoms with van der Waals surface area (Å²) in [6, 6.07) is 16.6. The number of ether oxygens (including phenoxy) is 1. The Kier molecular flexibility index (Phi) is 8.05. The summed E-state index contributed by atoms with van der Waals surface area (Å²) in [5.41, 5.74) is 5.05. The third kappa shape index (κ3) is 5.76. The Hall–Kier alpha value is -3.65. The highest BCUT2D eigenvalue weighted by molar-refractivity contribution is 6.32. The second-order valence-electron chi connectivity index (χ2n) is 8.98. The molecule has 36 heavy (non-hydrogen) atoms. The first-order valence-corrected chi connectivity index (χ1v) is 12.4. The fourth-order valence-electron chi connectivity index (χ4n) is 4.45. The number of nitrogens with zero attached hydrogens (tertiary/aromatic N) is 4. The SMILES string of the molecule is Cc1nn(-c2ccccc2)c(Cl)c1/C=N/NC(=O)c1ccc(OCC(=O)N2C(C)CCCC2C)cc1. The maximum atomic E-state index is 12.6. The number of piperidine rings is 1. The van der Waals surface area contributed by atoms with Crippen LogP contribution in [0.1, 0.15) is 54.7 Å². The summed E-state index contributed by atoms with van der Waals surface area (Å²) in [7, 11) is 0. The van der Waals surface area contributed by atoms with Crippen LogP contribution in [0, 0.1) is 6.92 Å². The molecule has 1 saturated heterocycles. The Morgan fingerprint density at radius 1 is 1.11 bits per heavy atom. The molecule has 0 aliphatic carbocycles. The minimum absolute atomic E-state index is 0.0182. The van der Waals surface area contributed by atoms with Crippen molar-refractivity contribution >= 4 is 29.6 Å². The Morgan fingerprint density at radius 3 is 2.44 bits per heavy atom. The third-order valence-electron chi connectivity index (χ3n) is 6.37. The van der Waals surface area contributed by atoms with E-state index in [4.69, 9.17) is 16.3 Å². The van der Waals surface area contributed by atoms with Crippen LogP contribution in [0.15, 0.2) is 59.7 Å². The number of halogens is 1. The molecule has 4 rings (SSSR count). The molecule has 188 valence electrons. The molecule has 1 N–H and O–H groups in total. The summed E-state index contributed by atoms with van der Waals surface area (Å²) in [4.78, 5) is 27.1. The Bertz CT molecular complexity index is 1230. The summed E-state index contributed by atoms with van der Waals surface area (Å²) in [6.07, 6.45) is 4.66. The molecule has 2 atom stereocenters. The predicted molar refractivity (Wildman–Crippen MR) is 140 cm³/mol. The van der Waals surface area contributed by atoms with Crippen LogP contribution in [-0.2, 0) is 4.79 Å². The van der Waals surface area contributed by atoms with E-state index in [9.17, 15) is 9.59 Å². The van der Waals surface area contributed by atoms with Gasteiger partial charge < -0.3 is 9.64 Å². The molecule has 0 saturated carbocycles. The number of rotatable bonds is 7. The van der Waals surface area contributed by atoms with Crippen molar-refractivity contribution in [2.24, 2.45) is 5.10 Å². The average molecular weight is 508 g/mol. The first-order chi connectivity index (χ1) is 17.3. The van der Waals surface area contributed by atoms with Gasteiger partial charge in [-0.25, -0.2) is 10.1 Å². The lowest BCUT2D eigenvalue weighted by Gasteiger charge is -2.38. The van der Waals surface area contributed by atoms with E-state index in [1.165, 1.54) is 6.21 Å². The number of amides is 2. The van der Waals surface area contributed by atoms with Gasteiger partial charge in [0, 0.05) is 17.6 Å². The van der Waals surface area contributed by atoms with Crippen LogP contribution in [-0.4, -0.2) is 51.4 Å². The van der Waals surface area contributed by atoms with Crippen molar-refractivity contribution in [3.63, 3.8) is 0 Å². The predicted octanol–water partition coefficient (Wildman–Crippen LogP) is 4.77. The van der Waals surface area contributed by atoms with E-state index in [0.29, 0.717) is 27.7 Å². The molecule has 3 aromatic rings. The van der Waals surface area contributed by atoms with Gasteiger partial charge >= 0.3 is 0 Å². The number of nitrogens with one attached hydrogen (secondary N) is 1. The van der Waals surface area contributed by atoms with Crippen LogP contribution in [0.2, 0.25) is 5.15 Å². The Morgan fingerprint density at radius 2 is 1.78 bits per heavy atom. The van der Waals surface area contributed by atoms with Crippen molar-refractivity contribution < 1.29 is 14.3 Å². The molecule has 2 unspecified atom stereocenters. The molecule has 2 heterocycles. The number of hydrogen-bond donors (Lipinski definition) is 1. The molecule has 0 bridgehead atoms. The smallest absolute Gasteiger partial charge is 0.271 e. The third-order valence-corrected chi connectivity index (χ3v) is 6.73. The van der Waals surface area contributed by atoms with E-state index in [0.717, 1.165) is 24.9 Å². The van der Waals surface area contributed by atoms with Gasteiger partial charge in [-0.05, 0) is 76.4 Å². The van der Waals surface area contributed by atoms with Gasteiger partial charge in [0.1, 0.15) is 10.9 Å². The zero-order valence-electron chi connectivity index (χ0n) is 20.6. The normalized spacial score (nSPS) is 17.8. The van der Waals surface area contributed by atoms with E-state index in [2.05, 4.69) is 29.5 Å². The molecule has 0 radical (unpaired) electrons. The quantitative estimate of drug-likeness (QED) is 0.368. The number of likely N-dealkylation sites (tertiary alicyclic amines) is 1. The van der Waals surface area contributed by atoms with Gasteiger partial charge in [0.15, 0.2) is 6.61 Å². The van der Waals surface area contributed by atoms with Crippen molar-refractivity contribution in [3.05, 3.63) is 76.6 Å². The molecule has 1 aliphatic rings. The number of benzene rings is 2. The lowest BCUT2D eigenvalue weighted by molar-refractivity contribution is -0.139. The monoisotopic (exact) mass is 507 g/mol. The van der Waals surface area contributed by atoms with Crippen molar-refractivity contribution in [3.8, 4) is 11.4 Å². The van der Waals surface area contributed by atoms with Crippen molar-refractivity contribution in [1.29, 1.82) is 0 Å². The van der Waals surface area contributed by atoms with E-state index in [1.807, 2.05) is 42.2 Å². The number of aromatic nitrogens is 2. The lowest BCUT2D eigenvalue weighted by atomic mass is 9.97. The highest BCUT2D eigenvalue weighted by Gasteiger charge is 2.29. The van der Waals surface area contributed by atoms with Crippen LogP contribution in [0.5, 0.6) is 5.75 Å². The topological polar surface area (TPSA) is 88.8 Å². The van der Waals surface area contributed by atoms with E-state index >= 15 is 0 Å². The zero-order chi connectivity index (χ0) is 25.7. The van der Waals surface area contributed by atoms with Crippen LogP contribution >= 0.6 is 11.6 Å². The number of para-hydroxylation sites is 1. The maximum absolute atomic E-state index is 12.6. The average Bonchev–Trinajstić information content (AvgIpc) is 3.16. The molecule has 8 nitrogen and oxygen atoms in total. The molecular weight excluding hydrogens is 478 g/mol. The van der Waals surface area contributed by atoms with E-state index < -0.39 is 0 Å². The second-order valence-corrected chi connectivity index (χ2v) is 9.34. The minimum Gasteiger partial charge on any atom is -0.484 e. The lowest BCUT2D eigenvalue weighted by Crippen LogP contribution is -2.49. The molecule has 2 aromatic carbocycles. The van der Waals surface area contributed by atoms with Crippen LogP contribution in [0.4, 0.5) is 0 Å². The van der Waals surface area contributed by atoms with Gasteiger partial charge in [-0.3, -0.25) is 9.59 Å². The highest BCUT2D eigenvalue weighted by Crippen LogP contribution is 2.23. The Balaban J connectivity index is 1.32. The molecule has 0 spiro atoms. The largest absolute Gasteiger partial charge is 0.484 e. The first kappa shape index (κ1) is 25.4. The summed E-state index contributed by atoms with van der Waals surface area (Å²) in [5.74, 6) is 0.126. The molecule has 1 aliphatic heterocycles. The number of hydrogen-bond acceptors (Lipinski definition) is 5. The van der Waals surface area contributed by atoms with E-state index in [1.54, 1.807) is 28.9 Å². The molecule has 1 aromatic heterocycles. The standard InChI is InChI=1S/C27H30ClN5O3/c1-18-8-7-9-19(2)32(18)25(34)17-36-23-14-12-21(13-15-23)27(35)30-29-16-24-20(3)31-33(26(24)28)22-10-5-4-6-11-22/h4-6,10-16,18-19H,7-9,17H2,1-3H3,(H,30,35)/b29-16+. The van der Waals surface area contributed by atoms with Gasteiger partial charge in [-0.15, -0.1) is 0 Å². The van der Waals surface area contributed by atoms with Crippen molar-refractivity contribution in [2.75, 3.05) is 6.61 Å². The fraction of sp³-hybridized carbons (Fsp3) is 0.333. The highest BCUT2D eigenvalue weighted by atomic mass is 35.5. The van der Waals surface area contributed by atoms with Gasteiger partial charge in [-0.1, -0.05) is 29.8 Å². The van der Waals surface area contributed by atoms with Gasteiger partial charge in [0.2, 0.25) is 0 Å². The number of carbonyl (C=O) groups is 2. The van der Waals surface area contributed by atoms with Crippen LogP contribution in [0.25, 0.3) is 5.69 Å². The number of aryl methyl sites for hydroxylation is 1. The molecular formula is C27H30ClN5O3. The van der Waals surface area contributed by atoms with Gasteiger partial charge in [0.05, 0.1) is 23.2 Å². The zero-order valence-corrected chi connectivity index (χ0v) is 21.4. The fourth-order valence-corrected chi connectivity index (χ4v) is 4.77. The summed E-state index contributed by atoms with van der Waals surface area (Å²) in [5, 5.41) is 8.91. The summed E-state index contributed by atoms with van der Waals surface area (Å²) < 4.78 is 7.30. The number of hydrazone groups is 1. The molecule has 9 heteroatoms. The van der Waals surface area contributed by atoms with Gasteiger partial charge in [-0.2, -0.15) is 10.2 Å². The second kappa shape index (κ2) is 11.4. The number of carbonyl (C=O) groups excluding carboxylic acids is 2. The minimum atomic E-state index is -0.380. The van der Waals surface area contributed by atoms with Gasteiger partial charge in [0.25, 0.3) is 11.8 Å². The summed E-state index contributed by atoms with van der Waals surface area (Å²) >= 11 is 6.49. The Labute approximate surface area is 215 Å². The summed E-state index contributed by atoms with van der Waals surface area (Å²) in [6.45, 7) is 5.95. The van der Waals surface area contributed by atoms with Crippen molar-refractivity contribution in [1.82, 2.24) is 20.1 Å². The van der Waals surface area contributed by atoms with E-state index in [-0.39, 0.29) is 30.5 Å². The van der Waals surface area contributed by atoms with Crippen LogP contribution < -0.4 is 10.2 Å². The maximum Gasteiger partial charge on any atom is 0.271 e. The molecule has 1 fully saturated rings.